The fraction of sp³-hybridized carbons (Fsp3) is 0.400. The molecule has 1 fully saturated rings. The van der Waals surface area contributed by atoms with Crippen LogP contribution in [0.25, 0.3) is 0 Å². The number of aliphatic carboxylic acids is 1. The number of rotatable bonds is 6. The van der Waals surface area contributed by atoms with Gasteiger partial charge in [0.2, 0.25) is 0 Å². The number of hydrogen-bond acceptors (Lipinski definition) is 2. The average Bonchev–Trinajstić information content (AvgIpc) is 3.12. The van der Waals surface area contributed by atoms with E-state index in [0.29, 0.717) is 19.0 Å². The maximum absolute atomic E-state index is 10.7. The first-order chi connectivity index (χ1) is 8.69. The van der Waals surface area contributed by atoms with Crippen LogP contribution in [0.4, 0.5) is 0 Å². The van der Waals surface area contributed by atoms with Crippen molar-refractivity contribution in [1.82, 2.24) is 4.90 Å². The van der Waals surface area contributed by atoms with Crippen molar-refractivity contribution < 1.29 is 9.90 Å². The maximum Gasteiger partial charge on any atom is 0.317 e. The van der Waals surface area contributed by atoms with E-state index >= 15 is 0 Å². The second kappa shape index (κ2) is 5.70. The molecule has 1 N–H and O–H groups in total. The Morgan fingerprint density at radius 1 is 1.50 bits per heavy atom. The lowest BCUT2D eigenvalue weighted by Gasteiger charge is -2.17. The predicted octanol–water partition coefficient (Wildman–Crippen LogP) is 2.08. The highest BCUT2D eigenvalue weighted by Gasteiger charge is 2.23. The highest BCUT2D eigenvalue weighted by atomic mass is 16.4. The SMILES string of the molecule is C#CCN(CC(=O)O)Cc1cccc(C2CC2)c1. The summed E-state index contributed by atoms with van der Waals surface area (Å²) in [5, 5.41) is 8.83. The lowest BCUT2D eigenvalue weighted by Crippen LogP contribution is -2.29. The number of benzene rings is 1. The van der Waals surface area contributed by atoms with Gasteiger partial charge in [-0.25, -0.2) is 0 Å². The van der Waals surface area contributed by atoms with Crippen LogP contribution in [-0.4, -0.2) is 29.1 Å². The number of carbonyl (C=O) groups is 1. The molecule has 1 aromatic rings. The standard InChI is InChI=1S/C15H17NO2/c1-2-8-16(11-15(17)18)10-12-4-3-5-14(9-12)13-6-7-13/h1,3-5,9,13H,6-8,10-11H2,(H,17,18). The highest BCUT2D eigenvalue weighted by molar-refractivity contribution is 5.69. The Bertz CT molecular complexity index is 472. The lowest BCUT2D eigenvalue weighted by molar-refractivity contribution is -0.138. The minimum absolute atomic E-state index is 0.0160. The van der Waals surface area contributed by atoms with Gasteiger partial charge >= 0.3 is 5.97 Å². The first-order valence-electron chi connectivity index (χ1n) is 6.15. The van der Waals surface area contributed by atoms with E-state index in [9.17, 15) is 4.79 Å². The third kappa shape index (κ3) is 3.61. The summed E-state index contributed by atoms with van der Waals surface area (Å²) in [6.45, 7) is 0.939. The summed E-state index contributed by atoms with van der Waals surface area (Å²) in [6, 6.07) is 8.38. The second-order valence-electron chi connectivity index (χ2n) is 4.76. The van der Waals surface area contributed by atoms with E-state index in [1.54, 1.807) is 4.90 Å². The number of nitrogens with zero attached hydrogens (tertiary/aromatic N) is 1. The molecule has 3 heteroatoms. The quantitative estimate of drug-likeness (QED) is 0.778. The van der Waals surface area contributed by atoms with Crippen LogP contribution in [0.15, 0.2) is 24.3 Å². The van der Waals surface area contributed by atoms with Crippen molar-refractivity contribution >= 4 is 5.97 Å². The van der Waals surface area contributed by atoms with E-state index in [0.717, 1.165) is 5.56 Å². The summed E-state index contributed by atoms with van der Waals surface area (Å²) < 4.78 is 0. The fourth-order valence-electron chi connectivity index (χ4n) is 2.11. The van der Waals surface area contributed by atoms with E-state index in [1.165, 1.54) is 18.4 Å². The Hall–Kier alpha value is -1.79. The molecule has 0 spiro atoms. The van der Waals surface area contributed by atoms with Crippen LogP contribution >= 0.6 is 0 Å². The molecule has 0 atom stereocenters. The van der Waals surface area contributed by atoms with E-state index in [1.807, 2.05) is 12.1 Å². The molecule has 0 saturated heterocycles. The van der Waals surface area contributed by atoms with Gasteiger partial charge in [-0.1, -0.05) is 30.2 Å². The molecular formula is C15H17NO2. The van der Waals surface area contributed by atoms with Gasteiger partial charge in [0.25, 0.3) is 0 Å². The van der Waals surface area contributed by atoms with E-state index in [4.69, 9.17) is 11.5 Å². The van der Waals surface area contributed by atoms with E-state index < -0.39 is 5.97 Å². The van der Waals surface area contributed by atoms with Crippen LogP contribution in [0.5, 0.6) is 0 Å². The lowest BCUT2D eigenvalue weighted by atomic mass is 10.1. The molecule has 0 bridgehead atoms. The topological polar surface area (TPSA) is 40.5 Å². The van der Waals surface area contributed by atoms with Gasteiger partial charge in [0, 0.05) is 6.54 Å². The zero-order chi connectivity index (χ0) is 13.0. The maximum atomic E-state index is 10.7. The van der Waals surface area contributed by atoms with Crippen LogP contribution in [0, 0.1) is 12.3 Å². The van der Waals surface area contributed by atoms with Crippen molar-refractivity contribution in [2.24, 2.45) is 0 Å². The molecule has 0 heterocycles. The molecule has 3 nitrogen and oxygen atoms in total. The fourth-order valence-corrected chi connectivity index (χ4v) is 2.11. The van der Waals surface area contributed by atoms with Gasteiger partial charge in [-0.3, -0.25) is 9.69 Å². The molecule has 1 aromatic carbocycles. The molecular weight excluding hydrogens is 226 g/mol. The monoisotopic (exact) mass is 243 g/mol. The van der Waals surface area contributed by atoms with Gasteiger partial charge in [-0.2, -0.15) is 0 Å². The Labute approximate surface area is 107 Å². The number of terminal acetylenes is 1. The minimum atomic E-state index is -0.844. The molecule has 0 unspecified atom stereocenters. The van der Waals surface area contributed by atoms with E-state index in [-0.39, 0.29) is 6.54 Å². The average molecular weight is 243 g/mol. The van der Waals surface area contributed by atoms with Crippen molar-refractivity contribution in [3.05, 3.63) is 35.4 Å². The predicted molar refractivity (Wildman–Crippen MR) is 70.2 cm³/mol. The van der Waals surface area contributed by atoms with Gasteiger partial charge in [-0.15, -0.1) is 6.42 Å². The first-order valence-corrected chi connectivity index (χ1v) is 6.15. The molecule has 0 aromatic heterocycles. The first kappa shape index (κ1) is 12.7. The van der Waals surface area contributed by atoms with Gasteiger partial charge < -0.3 is 5.11 Å². The molecule has 2 rings (SSSR count). The highest BCUT2D eigenvalue weighted by Crippen LogP contribution is 2.40. The van der Waals surface area contributed by atoms with Crippen molar-refractivity contribution in [3.63, 3.8) is 0 Å². The molecule has 94 valence electrons. The Kier molecular flexibility index (Phi) is 4.01. The summed E-state index contributed by atoms with van der Waals surface area (Å²) in [6.07, 6.45) is 7.80. The van der Waals surface area contributed by atoms with Gasteiger partial charge in [0.05, 0.1) is 13.1 Å². The largest absolute Gasteiger partial charge is 0.480 e. The van der Waals surface area contributed by atoms with Crippen LogP contribution in [-0.2, 0) is 11.3 Å². The summed E-state index contributed by atoms with van der Waals surface area (Å²) in [5.41, 5.74) is 2.50. The second-order valence-corrected chi connectivity index (χ2v) is 4.76. The van der Waals surface area contributed by atoms with Crippen molar-refractivity contribution in [2.45, 2.75) is 25.3 Å². The third-order valence-electron chi connectivity index (χ3n) is 3.08. The Morgan fingerprint density at radius 3 is 2.89 bits per heavy atom. The van der Waals surface area contributed by atoms with Crippen LogP contribution in [0.2, 0.25) is 0 Å². The molecule has 1 aliphatic rings. The minimum Gasteiger partial charge on any atom is -0.480 e. The summed E-state index contributed by atoms with van der Waals surface area (Å²) >= 11 is 0. The molecule has 0 aliphatic heterocycles. The zero-order valence-corrected chi connectivity index (χ0v) is 10.3. The van der Waals surface area contributed by atoms with Crippen molar-refractivity contribution in [3.8, 4) is 12.3 Å². The summed E-state index contributed by atoms with van der Waals surface area (Å²) in [5.74, 6) is 2.38. The van der Waals surface area contributed by atoms with Crippen LogP contribution in [0.1, 0.15) is 29.9 Å². The summed E-state index contributed by atoms with van der Waals surface area (Å²) in [7, 11) is 0. The van der Waals surface area contributed by atoms with Crippen molar-refractivity contribution in [2.75, 3.05) is 13.1 Å². The van der Waals surface area contributed by atoms with Gasteiger partial charge in [0.15, 0.2) is 0 Å². The van der Waals surface area contributed by atoms with Crippen LogP contribution < -0.4 is 0 Å². The number of hydrogen-bond donors (Lipinski definition) is 1. The van der Waals surface area contributed by atoms with Gasteiger partial charge in [0.1, 0.15) is 0 Å². The van der Waals surface area contributed by atoms with E-state index in [2.05, 4.69) is 18.1 Å². The molecule has 1 aliphatic carbocycles. The van der Waals surface area contributed by atoms with Crippen LogP contribution in [0.3, 0.4) is 0 Å². The molecule has 18 heavy (non-hydrogen) atoms. The van der Waals surface area contributed by atoms with Gasteiger partial charge in [-0.05, 0) is 29.9 Å². The number of carboxylic acids is 1. The molecule has 0 amide bonds. The van der Waals surface area contributed by atoms with Crippen molar-refractivity contribution in [1.29, 1.82) is 0 Å². The Morgan fingerprint density at radius 2 is 2.28 bits per heavy atom. The normalized spacial score (nSPS) is 14.4. The zero-order valence-electron chi connectivity index (χ0n) is 10.3. The molecule has 0 radical (unpaired) electrons. The third-order valence-corrected chi connectivity index (χ3v) is 3.08. The summed E-state index contributed by atoms with van der Waals surface area (Å²) in [4.78, 5) is 12.5. The number of carboxylic acid groups (broad SMARTS) is 1. The molecule has 1 saturated carbocycles. The smallest absolute Gasteiger partial charge is 0.317 e. The Balaban J connectivity index is 2.03.